The van der Waals surface area contributed by atoms with Gasteiger partial charge in [0.05, 0.1) is 12.2 Å². The van der Waals surface area contributed by atoms with E-state index in [1.807, 2.05) is 42.5 Å². The minimum absolute atomic E-state index is 0.180. The van der Waals surface area contributed by atoms with E-state index < -0.39 is 6.10 Å². The van der Waals surface area contributed by atoms with E-state index in [1.54, 1.807) is 35.7 Å². The highest BCUT2D eigenvalue weighted by molar-refractivity contribution is 6.30. The summed E-state index contributed by atoms with van der Waals surface area (Å²) < 4.78 is 7.27. The maximum Gasteiger partial charge on any atom is 0.261 e. The van der Waals surface area contributed by atoms with Crippen LogP contribution in [-0.4, -0.2) is 31.8 Å². The number of rotatable bonds is 6. The van der Waals surface area contributed by atoms with Gasteiger partial charge in [0, 0.05) is 10.6 Å². The molecule has 1 amide bonds. The van der Waals surface area contributed by atoms with E-state index in [2.05, 4.69) is 20.6 Å². The standard InChI is InChI=1S/C21H18ClN5O2/c1-14(29-17-9-7-16(22)8-10-17)21(28)23-13-20-25-24-19-12-11-18(26-27(19)20)15-5-3-2-4-6-15/h2-12,14H,13H2,1H3,(H,23,28). The van der Waals surface area contributed by atoms with Gasteiger partial charge in [-0.15, -0.1) is 10.2 Å². The van der Waals surface area contributed by atoms with Gasteiger partial charge < -0.3 is 10.1 Å². The molecule has 146 valence electrons. The molecule has 0 aliphatic carbocycles. The molecular formula is C21H18ClN5O2. The number of aromatic nitrogens is 4. The average molecular weight is 408 g/mol. The van der Waals surface area contributed by atoms with Gasteiger partial charge >= 0.3 is 0 Å². The van der Waals surface area contributed by atoms with Crippen molar-refractivity contribution >= 4 is 23.2 Å². The van der Waals surface area contributed by atoms with Crippen LogP contribution in [0.1, 0.15) is 12.7 Å². The number of ether oxygens (including phenoxy) is 1. The number of carbonyl (C=O) groups excluding carboxylic acids is 1. The van der Waals surface area contributed by atoms with E-state index in [-0.39, 0.29) is 12.5 Å². The predicted octanol–water partition coefficient (Wildman–Crippen LogP) is 3.53. The van der Waals surface area contributed by atoms with E-state index in [4.69, 9.17) is 16.3 Å². The van der Waals surface area contributed by atoms with Gasteiger partial charge in [-0.05, 0) is 43.3 Å². The minimum Gasteiger partial charge on any atom is -0.481 e. The molecule has 2 aromatic heterocycles. The Balaban J connectivity index is 1.45. The summed E-state index contributed by atoms with van der Waals surface area (Å²) >= 11 is 5.86. The van der Waals surface area contributed by atoms with Crippen LogP contribution in [-0.2, 0) is 11.3 Å². The van der Waals surface area contributed by atoms with E-state index in [0.29, 0.717) is 22.2 Å². The molecule has 1 N–H and O–H groups in total. The van der Waals surface area contributed by atoms with Crippen molar-refractivity contribution in [3.8, 4) is 17.0 Å². The average Bonchev–Trinajstić information content (AvgIpc) is 3.16. The fourth-order valence-corrected chi connectivity index (χ4v) is 2.91. The normalized spacial score (nSPS) is 11.9. The zero-order valence-corrected chi connectivity index (χ0v) is 16.4. The van der Waals surface area contributed by atoms with Gasteiger partial charge in [-0.25, -0.2) is 0 Å². The Hall–Kier alpha value is -3.45. The zero-order chi connectivity index (χ0) is 20.2. The second kappa shape index (κ2) is 8.28. The highest BCUT2D eigenvalue weighted by atomic mass is 35.5. The first kappa shape index (κ1) is 18.9. The van der Waals surface area contributed by atoms with Crippen LogP contribution in [0.3, 0.4) is 0 Å². The first-order valence-electron chi connectivity index (χ1n) is 9.07. The SMILES string of the molecule is CC(Oc1ccc(Cl)cc1)C(=O)NCc1nnc2ccc(-c3ccccc3)nn12. The fraction of sp³-hybridized carbons (Fsp3) is 0.143. The summed E-state index contributed by atoms with van der Waals surface area (Å²) in [7, 11) is 0. The van der Waals surface area contributed by atoms with Crippen molar-refractivity contribution in [1.82, 2.24) is 25.1 Å². The zero-order valence-electron chi connectivity index (χ0n) is 15.6. The molecule has 0 saturated carbocycles. The Kier molecular flexibility index (Phi) is 5.39. The van der Waals surface area contributed by atoms with Crippen LogP contribution in [0.4, 0.5) is 0 Å². The van der Waals surface area contributed by atoms with Crippen LogP contribution in [0.2, 0.25) is 5.02 Å². The fourth-order valence-electron chi connectivity index (χ4n) is 2.79. The molecule has 1 unspecified atom stereocenters. The molecule has 1 atom stereocenters. The van der Waals surface area contributed by atoms with Crippen LogP contribution in [0, 0.1) is 0 Å². The molecule has 8 heteroatoms. The third kappa shape index (κ3) is 4.35. The third-order valence-corrected chi connectivity index (χ3v) is 4.57. The third-order valence-electron chi connectivity index (χ3n) is 4.31. The summed E-state index contributed by atoms with van der Waals surface area (Å²) in [4.78, 5) is 12.4. The quantitative estimate of drug-likeness (QED) is 0.528. The molecule has 0 fully saturated rings. The lowest BCUT2D eigenvalue weighted by Crippen LogP contribution is -2.36. The van der Waals surface area contributed by atoms with Gasteiger partial charge in [-0.1, -0.05) is 41.9 Å². The molecule has 0 aliphatic rings. The Morgan fingerprint density at radius 3 is 2.59 bits per heavy atom. The van der Waals surface area contributed by atoms with Crippen molar-refractivity contribution < 1.29 is 9.53 Å². The summed E-state index contributed by atoms with van der Waals surface area (Å²) in [6, 6.07) is 20.4. The van der Waals surface area contributed by atoms with Crippen LogP contribution in [0.25, 0.3) is 16.9 Å². The summed E-state index contributed by atoms with van der Waals surface area (Å²) in [5, 5.41) is 16.3. The topological polar surface area (TPSA) is 81.4 Å². The maximum absolute atomic E-state index is 12.4. The molecule has 0 bridgehead atoms. The maximum atomic E-state index is 12.4. The van der Waals surface area contributed by atoms with Gasteiger partial charge in [-0.3, -0.25) is 4.79 Å². The smallest absolute Gasteiger partial charge is 0.261 e. The van der Waals surface area contributed by atoms with Gasteiger partial charge in [0.25, 0.3) is 5.91 Å². The van der Waals surface area contributed by atoms with Crippen LogP contribution < -0.4 is 10.1 Å². The largest absolute Gasteiger partial charge is 0.481 e. The van der Waals surface area contributed by atoms with Crippen LogP contribution >= 0.6 is 11.6 Å². The summed E-state index contributed by atoms with van der Waals surface area (Å²) in [6.45, 7) is 1.86. The van der Waals surface area contributed by atoms with Gasteiger partial charge in [-0.2, -0.15) is 9.61 Å². The number of nitrogens with one attached hydrogen (secondary N) is 1. The van der Waals surface area contributed by atoms with Crippen LogP contribution in [0.15, 0.2) is 66.7 Å². The molecule has 7 nitrogen and oxygen atoms in total. The van der Waals surface area contributed by atoms with Crippen molar-refractivity contribution in [2.75, 3.05) is 0 Å². The first-order valence-corrected chi connectivity index (χ1v) is 9.44. The number of hydrogen-bond acceptors (Lipinski definition) is 5. The van der Waals surface area contributed by atoms with E-state index >= 15 is 0 Å². The predicted molar refractivity (Wildman–Crippen MR) is 110 cm³/mol. The molecule has 2 heterocycles. The minimum atomic E-state index is -0.678. The number of carbonyl (C=O) groups is 1. The molecule has 0 spiro atoms. The number of nitrogens with zero attached hydrogens (tertiary/aromatic N) is 4. The number of benzene rings is 2. The molecule has 0 aliphatic heterocycles. The summed E-state index contributed by atoms with van der Waals surface area (Å²) in [5.74, 6) is 0.833. The lowest BCUT2D eigenvalue weighted by Gasteiger charge is -2.14. The van der Waals surface area contributed by atoms with E-state index in [0.717, 1.165) is 11.3 Å². The molecule has 4 aromatic rings. The molecule has 4 rings (SSSR count). The Labute approximate surface area is 172 Å². The second-order valence-electron chi connectivity index (χ2n) is 6.40. The van der Waals surface area contributed by atoms with Gasteiger partial charge in [0.2, 0.25) is 0 Å². The molecule has 0 saturated heterocycles. The highest BCUT2D eigenvalue weighted by Crippen LogP contribution is 2.18. The lowest BCUT2D eigenvalue weighted by molar-refractivity contribution is -0.127. The molecule has 2 aromatic carbocycles. The van der Waals surface area contributed by atoms with Crippen molar-refractivity contribution in [3.63, 3.8) is 0 Å². The Bertz CT molecular complexity index is 1130. The lowest BCUT2D eigenvalue weighted by atomic mass is 10.1. The number of hydrogen-bond donors (Lipinski definition) is 1. The van der Waals surface area contributed by atoms with Crippen molar-refractivity contribution in [2.45, 2.75) is 19.6 Å². The van der Waals surface area contributed by atoms with E-state index in [1.165, 1.54) is 0 Å². The number of halogens is 1. The Morgan fingerprint density at radius 2 is 1.83 bits per heavy atom. The van der Waals surface area contributed by atoms with Crippen LogP contribution in [0.5, 0.6) is 5.75 Å². The van der Waals surface area contributed by atoms with Crippen molar-refractivity contribution in [2.24, 2.45) is 0 Å². The number of amides is 1. The molecule has 0 radical (unpaired) electrons. The van der Waals surface area contributed by atoms with Gasteiger partial charge in [0.1, 0.15) is 5.75 Å². The van der Waals surface area contributed by atoms with Crippen molar-refractivity contribution in [1.29, 1.82) is 0 Å². The second-order valence-corrected chi connectivity index (χ2v) is 6.84. The molecular weight excluding hydrogens is 390 g/mol. The monoisotopic (exact) mass is 407 g/mol. The van der Waals surface area contributed by atoms with Crippen molar-refractivity contribution in [3.05, 3.63) is 77.6 Å². The summed E-state index contributed by atoms with van der Waals surface area (Å²) in [5.41, 5.74) is 2.40. The first-order chi connectivity index (χ1) is 14.1. The molecule has 29 heavy (non-hydrogen) atoms. The van der Waals surface area contributed by atoms with Gasteiger partial charge in [0.15, 0.2) is 17.6 Å². The highest BCUT2D eigenvalue weighted by Gasteiger charge is 2.16. The van der Waals surface area contributed by atoms with E-state index in [9.17, 15) is 4.79 Å². The summed E-state index contributed by atoms with van der Waals surface area (Å²) in [6.07, 6.45) is -0.678. The number of fused-ring (bicyclic) bond motifs is 1. The Morgan fingerprint density at radius 1 is 1.07 bits per heavy atom.